The summed E-state index contributed by atoms with van der Waals surface area (Å²) in [5.41, 5.74) is 2.00. The first-order valence-electron chi connectivity index (χ1n) is 9.59. The van der Waals surface area contributed by atoms with E-state index in [9.17, 15) is 20.0 Å². The van der Waals surface area contributed by atoms with Crippen molar-refractivity contribution in [2.24, 2.45) is 0 Å². The maximum absolute atomic E-state index is 13.0. The van der Waals surface area contributed by atoms with Crippen molar-refractivity contribution in [3.63, 3.8) is 0 Å². The van der Waals surface area contributed by atoms with E-state index >= 15 is 0 Å². The third-order valence-electron chi connectivity index (χ3n) is 4.90. The number of rotatable bonds is 6. The smallest absolute Gasteiger partial charge is 0.269 e. The number of aliphatic hydroxyl groups excluding tert-OH is 1. The van der Waals surface area contributed by atoms with Crippen LogP contribution >= 0.6 is 0 Å². The van der Waals surface area contributed by atoms with E-state index in [0.29, 0.717) is 33.5 Å². The van der Waals surface area contributed by atoms with E-state index in [1.807, 2.05) is 31.2 Å². The Morgan fingerprint density at radius 2 is 1.90 bits per heavy atom. The van der Waals surface area contributed by atoms with Gasteiger partial charge in [-0.15, -0.1) is 0 Å². The molecule has 0 spiro atoms. The predicted molar refractivity (Wildman–Crippen MR) is 115 cm³/mol. The Morgan fingerprint density at radius 3 is 2.58 bits per heavy atom. The number of nitro benzene ring substituents is 1. The minimum atomic E-state index is -1.01. The number of furan rings is 1. The Bertz CT molecular complexity index is 1260. The molecule has 0 bridgehead atoms. The van der Waals surface area contributed by atoms with E-state index in [4.69, 9.17) is 4.42 Å². The van der Waals surface area contributed by atoms with Crippen LogP contribution in [-0.2, 0) is 0 Å². The van der Waals surface area contributed by atoms with Crippen LogP contribution in [0.15, 0.2) is 71.1 Å². The molecule has 0 saturated heterocycles. The molecule has 0 aliphatic heterocycles. The Hall–Kier alpha value is -4.04. The number of nitrogens with one attached hydrogen (secondary N) is 1. The molecule has 2 N–H and O–H groups in total. The van der Waals surface area contributed by atoms with Crippen molar-refractivity contribution in [3.05, 3.63) is 93.7 Å². The minimum absolute atomic E-state index is 0.0531. The number of amides is 1. The summed E-state index contributed by atoms with van der Waals surface area (Å²) in [7, 11) is 0. The second-order valence-corrected chi connectivity index (χ2v) is 7.06. The van der Waals surface area contributed by atoms with E-state index in [1.54, 1.807) is 18.2 Å². The molecule has 8 heteroatoms. The Labute approximate surface area is 177 Å². The van der Waals surface area contributed by atoms with Gasteiger partial charge in [0.1, 0.15) is 11.5 Å². The largest absolute Gasteiger partial charge is 0.460 e. The van der Waals surface area contributed by atoms with Crippen molar-refractivity contribution < 1.29 is 19.2 Å². The van der Waals surface area contributed by atoms with Gasteiger partial charge in [-0.2, -0.15) is 0 Å². The Balaban J connectivity index is 1.57. The van der Waals surface area contributed by atoms with Gasteiger partial charge in [-0.1, -0.05) is 18.2 Å². The van der Waals surface area contributed by atoms with Gasteiger partial charge in [0.25, 0.3) is 11.6 Å². The summed E-state index contributed by atoms with van der Waals surface area (Å²) in [4.78, 5) is 27.8. The lowest BCUT2D eigenvalue weighted by Gasteiger charge is -2.13. The number of hydrogen-bond acceptors (Lipinski definition) is 6. The summed E-state index contributed by atoms with van der Waals surface area (Å²) in [6, 6.07) is 18.1. The van der Waals surface area contributed by atoms with Crippen molar-refractivity contribution in [3.8, 4) is 11.5 Å². The number of aliphatic hydroxyl groups is 1. The number of para-hydroxylation sites is 1. The molecule has 31 heavy (non-hydrogen) atoms. The van der Waals surface area contributed by atoms with Crippen LogP contribution in [0.25, 0.3) is 22.4 Å². The van der Waals surface area contributed by atoms with Crippen LogP contribution in [-0.4, -0.2) is 27.5 Å². The minimum Gasteiger partial charge on any atom is -0.460 e. The number of carbonyl (C=O) groups excluding carboxylic acids is 1. The number of aryl methyl sites for hydroxylation is 1. The van der Waals surface area contributed by atoms with Gasteiger partial charge in [0.2, 0.25) is 0 Å². The number of nitro groups is 1. The van der Waals surface area contributed by atoms with E-state index in [1.165, 1.54) is 24.3 Å². The molecule has 0 unspecified atom stereocenters. The van der Waals surface area contributed by atoms with Crippen LogP contribution in [0.3, 0.4) is 0 Å². The van der Waals surface area contributed by atoms with Crippen LogP contribution < -0.4 is 5.32 Å². The fraction of sp³-hybridized carbons (Fsp3) is 0.130. The van der Waals surface area contributed by atoms with Gasteiger partial charge in [-0.3, -0.25) is 14.9 Å². The van der Waals surface area contributed by atoms with Gasteiger partial charge in [0.15, 0.2) is 5.76 Å². The quantitative estimate of drug-likeness (QED) is 0.359. The first-order chi connectivity index (χ1) is 14.9. The second-order valence-electron chi connectivity index (χ2n) is 7.06. The summed E-state index contributed by atoms with van der Waals surface area (Å²) < 4.78 is 5.65. The molecule has 8 nitrogen and oxygen atoms in total. The van der Waals surface area contributed by atoms with Crippen molar-refractivity contribution in [2.75, 3.05) is 6.54 Å². The molecule has 0 aliphatic rings. The van der Waals surface area contributed by atoms with Crippen molar-refractivity contribution >= 4 is 22.5 Å². The standard InChI is InChI=1S/C23H19N3O5/c1-14-6-11-22(31-14)20-12-18(17-4-2-3-5-19(17)25-20)23(28)24-13-21(27)15-7-9-16(10-8-15)26(29)30/h2-12,21,27H,13H2,1H3,(H,24,28)/t21-/m0/s1. The first kappa shape index (κ1) is 20.2. The molecule has 4 aromatic rings. The van der Waals surface area contributed by atoms with Crippen LogP contribution in [0.5, 0.6) is 0 Å². The normalized spacial score (nSPS) is 11.9. The summed E-state index contributed by atoms with van der Waals surface area (Å²) in [5, 5.41) is 24.6. The Morgan fingerprint density at radius 1 is 1.16 bits per heavy atom. The molecule has 156 valence electrons. The SMILES string of the molecule is Cc1ccc(-c2cc(C(=O)NC[C@H](O)c3ccc([N+](=O)[O-])cc3)c3ccccc3n2)o1. The third-order valence-corrected chi connectivity index (χ3v) is 4.90. The maximum atomic E-state index is 13.0. The number of carbonyl (C=O) groups is 1. The summed E-state index contributed by atoms with van der Waals surface area (Å²) >= 11 is 0. The topological polar surface area (TPSA) is 118 Å². The highest BCUT2D eigenvalue weighted by Gasteiger charge is 2.17. The van der Waals surface area contributed by atoms with E-state index in [0.717, 1.165) is 5.76 Å². The molecule has 0 fully saturated rings. The molecule has 2 heterocycles. The molecule has 1 atom stereocenters. The van der Waals surface area contributed by atoms with Crippen LogP contribution in [0.1, 0.15) is 27.8 Å². The van der Waals surface area contributed by atoms with Crippen LogP contribution in [0, 0.1) is 17.0 Å². The first-order valence-corrected chi connectivity index (χ1v) is 9.59. The number of pyridine rings is 1. The number of aromatic nitrogens is 1. The predicted octanol–water partition coefficient (Wildman–Crippen LogP) is 4.17. The highest BCUT2D eigenvalue weighted by Crippen LogP contribution is 2.26. The van der Waals surface area contributed by atoms with E-state index in [2.05, 4.69) is 10.3 Å². The van der Waals surface area contributed by atoms with Gasteiger partial charge in [-0.25, -0.2) is 4.98 Å². The molecule has 0 aliphatic carbocycles. The molecule has 1 amide bonds. The number of hydrogen-bond donors (Lipinski definition) is 2. The molecule has 0 radical (unpaired) electrons. The summed E-state index contributed by atoms with van der Waals surface area (Å²) in [6.45, 7) is 1.78. The molecular formula is C23H19N3O5. The number of non-ortho nitro benzene ring substituents is 1. The molecule has 4 rings (SSSR count). The van der Waals surface area contributed by atoms with Gasteiger partial charge in [0, 0.05) is 24.1 Å². The number of benzene rings is 2. The van der Waals surface area contributed by atoms with Gasteiger partial charge >= 0.3 is 0 Å². The average Bonchev–Trinajstić information content (AvgIpc) is 3.22. The highest BCUT2D eigenvalue weighted by molar-refractivity contribution is 6.07. The van der Waals surface area contributed by atoms with Crippen molar-refractivity contribution in [1.29, 1.82) is 0 Å². The zero-order chi connectivity index (χ0) is 22.0. The maximum Gasteiger partial charge on any atom is 0.269 e. The monoisotopic (exact) mass is 417 g/mol. The lowest BCUT2D eigenvalue weighted by Crippen LogP contribution is -2.28. The lowest BCUT2D eigenvalue weighted by molar-refractivity contribution is -0.384. The lowest BCUT2D eigenvalue weighted by atomic mass is 10.1. The molecule has 2 aromatic heterocycles. The van der Waals surface area contributed by atoms with Crippen LogP contribution in [0.4, 0.5) is 5.69 Å². The fourth-order valence-electron chi connectivity index (χ4n) is 3.28. The highest BCUT2D eigenvalue weighted by atomic mass is 16.6. The van der Waals surface area contributed by atoms with Gasteiger partial charge in [0.05, 0.1) is 22.1 Å². The van der Waals surface area contributed by atoms with Crippen molar-refractivity contribution in [2.45, 2.75) is 13.0 Å². The van der Waals surface area contributed by atoms with E-state index in [-0.39, 0.29) is 18.1 Å². The number of nitrogens with zero attached hydrogens (tertiary/aromatic N) is 2. The average molecular weight is 417 g/mol. The van der Waals surface area contributed by atoms with E-state index < -0.39 is 11.0 Å². The van der Waals surface area contributed by atoms with Gasteiger partial charge in [-0.05, 0) is 48.9 Å². The summed E-state index contributed by atoms with van der Waals surface area (Å²) in [6.07, 6.45) is -1.01. The zero-order valence-corrected chi connectivity index (χ0v) is 16.6. The third kappa shape index (κ3) is 4.29. The van der Waals surface area contributed by atoms with Gasteiger partial charge < -0.3 is 14.8 Å². The molecule has 0 saturated carbocycles. The molecular weight excluding hydrogens is 398 g/mol. The fourth-order valence-corrected chi connectivity index (χ4v) is 3.28. The number of fused-ring (bicyclic) bond motifs is 1. The summed E-state index contributed by atoms with van der Waals surface area (Å²) in [5.74, 6) is 0.925. The van der Waals surface area contributed by atoms with Crippen LogP contribution in [0.2, 0.25) is 0 Å². The second kappa shape index (κ2) is 8.37. The van der Waals surface area contributed by atoms with Crippen molar-refractivity contribution in [1.82, 2.24) is 10.3 Å². The zero-order valence-electron chi connectivity index (χ0n) is 16.6. The Kier molecular flexibility index (Phi) is 5.46. The molecule has 2 aromatic carbocycles.